The minimum Gasteiger partial charge on any atom is -0.497 e. The Bertz CT molecular complexity index is 686. The average molecular weight is 344 g/mol. The third-order valence-corrected chi connectivity index (χ3v) is 4.07. The zero-order valence-electron chi connectivity index (χ0n) is 14.6. The van der Waals surface area contributed by atoms with E-state index in [1.165, 1.54) is 5.56 Å². The first-order chi connectivity index (χ1) is 11.5. The highest BCUT2D eigenvalue weighted by atomic mass is 32.1. The van der Waals surface area contributed by atoms with Crippen LogP contribution >= 0.6 is 12.2 Å². The van der Waals surface area contributed by atoms with Crippen LogP contribution in [0.2, 0.25) is 0 Å². The molecule has 0 spiro atoms. The highest BCUT2D eigenvalue weighted by Crippen LogP contribution is 2.25. The van der Waals surface area contributed by atoms with E-state index in [9.17, 15) is 0 Å². The molecule has 5 heteroatoms. The lowest BCUT2D eigenvalue weighted by molar-refractivity contribution is 0.405. The minimum absolute atomic E-state index is 0.0516. The number of aryl methyl sites for hydroxylation is 1. The lowest BCUT2D eigenvalue weighted by atomic mass is 10.0. The quantitative estimate of drug-likeness (QED) is 0.782. The first kappa shape index (κ1) is 18.1. The fraction of sp³-hybridized carbons (Fsp3) is 0.316. The fourth-order valence-corrected chi connectivity index (χ4v) is 2.69. The summed E-state index contributed by atoms with van der Waals surface area (Å²) in [5, 5.41) is 7.15. The number of rotatable bonds is 6. The van der Waals surface area contributed by atoms with Crippen LogP contribution in [0, 0.1) is 6.92 Å². The molecule has 0 amide bonds. The molecular formula is C19H24N2O2S. The maximum absolute atomic E-state index is 5.44. The molecule has 2 N–H and O–H groups in total. The molecule has 0 bridgehead atoms. The van der Waals surface area contributed by atoms with Crippen LogP contribution in [0.25, 0.3) is 0 Å². The minimum atomic E-state index is 0.0516. The van der Waals surface area contributed by atoms with Gasteiger partial charge in [-0.1, -0.05) is 29.8 Å². The predicted molar refractivity (Wildman–Crippen MR) is 102 cm³/mol. The predicted octanol–water partition coefficient (Wildman–Crippen LogP) is 3.74. The van der Waals surface area contributed by atoms with Gasteiger partial charge >= 0.3 is 0 Å². The molecule has 0 unspecified atom stereocenters. The molecule has 1 atom stereocenters. The molecule has 0 saturated heterocycles. The topological polar surface area (TPSA) is 42.5 Å². The van der Waals surface area contributed by atoms with Gasteiger partial charge in [0.05, 0.1) is 20.3 Å². The van der Waals surface area contributed by atoms with Crippen LogP contribution in [-0.4, -0.2) is 19.3 Å². The monoisotopic (exact) mass is 344 g/mol. The van der Waals surface area contributed by atoms with E-state index in [-0.39, 0.29) is 6.04 Å². The molecule has 0 aliphatic heterocycles. The second kappa shape index (κ2) is 8.55. The van der Waals surface area contributed by atoms with Gasteiger partial charge in [0.2, 0.25) is 0 Å². The van der Waals surface area contributed by atoms with Crippen molar-refractivity contribution in [1.29, 1.82) is 0 Å². The van der Waals surface area contributed by atoms with E-state index in [0.29, 0.717) is 11.7 Å². The number of ether oxygens (including phenoxy) is 2. The maximum atomic E-state index is 5.44. The molecule has 2 aromatic carbocycles. The van der Waals surface area contributed by atoms with Crippen LogP contribution < -0.4 is 20.1 Å². The number of hydrogen-bond acceptors (Lipinski definition) is 3. The molecule has 0 fully saturated rings. The molecule has 4 nitrogen and oxygen atoms in total. The molecule has 0 aliphatic rings. The van der Waals surface area contributed by atoms with Crippen molar-refractivity contribution in [2.75, 3.05) is 14.2 Å². The van der Waals surface area contributed by atoms with Crippen LogP contribution in [0.3, 0.4) is 0 Å². The second-order valence-corrected chi connectivity index (χ2v) is 6.05. The molecule has 0 saturated carbocycles. The zero-order chi connectivity index (χ0) is 17.5. The van der Waals surface area contributed by atoms with Crippen molar-refractivity contribution < 1.29 is 9.47 Å². The number of hydrogen-bond donors (Lipinski definition) is 2. The molecule has 0 aromatic heterocycles. The Balaban J connectivity index is 1.92. The van der Waals surface area contributed by atoms with E-state index in [4.69, 9.17) is 21.7 Å². The highest BCUT2D eigenvalue weighted by molar-refractivity contribution is 7.80. The molecule has 24 heavy (non-hydrogen) atoms. The van der Waals surface area contributed by atoms with E-state index >= 15 is 0 Å². The first-order valence-electron chi connectivity index (χ1n) is 7.85. The van der Waals surface area contributed by atoms with Gasteiger partial charge in [-0.05, 0) is 49.8 Å². The van der Waals surface area contributed by atoms with E-state index in [1.54, 1.807) is 14.2 Å². The van der Waals surface area contributed by atoms with Gasteiger partial charge in [-0.2, -0.15) is 0 Å². The third kappa shape index (κ3) is 4.86. The number of thiocarbonyl (C=S) groups is 1. The molecule has 2 aromatic rings. The summed E-state index contributed by atoms with van der Waals surface area (Å²) in [4.78, 5) is 0. The second-order valence-electron chi connectivity index (χ2n) is 5.64. The summed E-state index contributed by atoms with van der Waals surface area (Å²) < 4.78 is 10.6. The highest BCUT2D eigenvalue weighted by Gasteiger charge is 2.12. The number of nitrogens with one attached hydrogen (secondary N) is 2. The number of benzene rings is 2. The van der Waals surface area contributed by atoms with Crippen molar-refractivity contribution in [3.05, 3.63) is 59.2 Å². The molecule has 2 rings (SSSR count). The van der Waals surface area contributed by atoms with Crippen LogP contribution in [0.1, 0.15) is 29.7 Å². The zero-order valence-corrected chi connectivity index (χ0v) is 15.4. The Morgan fingerprint density at radius 3 is 2.42 bits per heavy atom. The van der Waals surface area contributed by atoms with Crippen molar-refractivity contribution in [1.82, 2.24) is 10.6 Å². The summed E-state index contributed by atoms with van der Waals surface area (Å²) in [6.07, 6.45) is 0. The van der Waals surface area contributed by atoms with E-state index in [0.717, 1.165) is 22.6 Å². The van der Waals surface area contributed by atoms with E-state index in [1.807, 2.05) is 36.4 Å². The van der Waals surface area contributed by atoms with Gasteiger partial charge in [0, 0.05) is 12.1 Å². The van der Waals surface area contributed by atoms with Gasteiger partial charge in [-0.3, -0.25) is 0 Å². The van der Waals surface area contributed by atoms with Crippen molar-refractivity contribution in [2.45, 2.75) is 26.4 Å². The Kier molecular flexibility index (Phi) is 6.44. The van der Waals surface area contributed by atoms with Gasteiger partial charge < -0.3 is 20.1 Å². The van der Waals surface area contributed by atoms with Crippen molar-refractivity contribution >= 4 is 17.3 Å². The summed E-state index contributed by atoms with van der Waals surface area (Å²) in [7, 11) is 3.34. The van der Waals surface area contributed by atoms with Crippen molar-refractivity contribution in [3.63, 3.8) is 0 Å². The Morgan fingerprint density at radius 1 is 1.08 bits per heavy atom. The summed E-state index contributed by atoms with van der Waals surface area (Å²) >= 11 is 5.40. The molecular weight excluding hydrogens is 320 g/mol. The lowest BCUT2D eigenvalue weighted by Crippen LogP contribution is -2.36. The summed E-state index contributed by atoms with van der Waals surface area (Å²) in [5.74, 6) is 1.71. The lowest BCUT2D eigenvalue weighted by Gasteiger charge is -2.20. The molecule has 0 aliphatic carbocycles. The van der Waals surface area contributed by atoms with Gasteiger partial charge in [0.25, 0.3) is 0 Å². The Labute approximate surface area is 149 Å². The number of methoxy groups -OCH3 is 2. The summed E-state index contributed by atoms with van der Waals surface area (Å²) in [6.45, 7) is 4.79. The van der Waals surface area contributed by atoms with Crippen LogP contribution in [0.4, 0.5) is 0 Å². The normalized spacial score (nSPS) is 11.5. The van der Waals surface area contributed by atoms with Crippen molar-refractivity contribution in [3.8, 4) is 11.5 Å². The molecule has 0 heterocycles. The third-order valence-electron chi connectivity index (χ3n) is 3.81. The summed E-state index contributed by atoms with van der Waals surface area (Å²) in [6, 6.07) is 14.1. The van der Waals surface area contributed by atoms with Crippen LogP contribution in [0.15, 0.2) is 42.5 Å². The van der Waals surface area contributed by atoms with Crippen LogP contribution in [-0.2, 0) is 6.54 Å². The van der Waals surface area contributed by atoms with Gasteiger partial charge in [0.1, 0.15) is 11.5 Å². The fourth-order valence-electron chi connectivity index (χ4n) is 2.44. The van der Waals surface area contributed by atoms with Gasteiger partial charge in [-0.15, -0.1) is 0 Å². The Hall–Kier alpha value is -2.27. The average Bonchev–Trinajstić information content (AvgIpc) is 2.60. The SMILES string of the molecule is COc1ccc(CNC(=S)N[C@@H](C)c2cc(C)ccc2OC)cc1. The molecule has 0 radical (unpaired) electrons. The largest absolute Gasteiger partial charge is 0.497 e. The molecule has 128 valence electrons. The smallest absolute Gasteiger partial charge is 0.167 e. The Morgan fingerprint density at radius 2 is 1.79 bits per heavy atom. The van der Waals surface area contributed by atoms with E-state index < -0.39 is 0 Å². The maximum Gasteiger partial charge on any atom is 0.167 e. The van der Waals surface area contributed by atoms with Crippen molar-refractivity contribution in [2.24, 2.45) is 0 Å². The standard InChI is InChI=1S/C19H24N2O2S/c1-13-5-10-18(23-4)17(11-13)14(2)21-19(24)20-12-15-6-8-16(22-3)9-7-15/h5-11,14H,12H2,1-4H3,(H2,20,21,24)/t14-/m0/s1. The van der Waals surface area contributed by atoms with E-state index in [2.05, 4.69) is 30.5 Å². The summed E-state index contributed by atoms with van der Waals surface area (Å²) in [5.41, 5.74) is 3.42. The first-order valence-corrected chi connectivity index (χ1v) is 8.26. The van der Waals surface area contributed by atoms with Gasteiger partial charge in [0.15, 0.2) is 5.11 Å². The van der Waals surface area contributed by atoms with Crippen LogP contribution in [0.5, 0.6) is 11.5 Å². The van der Waals surface area contributed by atoms with Gasteiger partial charge in [-0.25, -0.2) is 0 Å².